The van der Waals surface area contributed by atoms with Crippen molar-refractivity contribution in [2.75, 3.05) is 12.0 Å². The first-order chi connectivity index (χ1) is 9.13. The fourth-order valence-electron chi connectivity index (χ4n) is 1.67. The van der Waals surface area contributed by atoms with E-state index in [9.17, 15) is 4.79 Å². The molecule has 2 aromatic rings. The largest absolute Gasteiger partial charge is 0.454 e. The third-order valence-electron chi connectivity index (χ3n) is 2.62. The first-order valence-corrected chi connectivity index (χ1v) is 6.85. The molecule has 0 aliphatic carbocycles. The fourth-order valence-corrected chi connectivity index (χ4v) is 2.20. The first-order valence-electron chi connectivity index (χ1n) is 5.62. The van der Waals surface area contributed by atoms with Crippen molar-refractivity contribution < 1.29 is 9.53 Å². The van der Waals surface area contributed by atoms with E-state index in [0.29, 0.717) is 11.5 Å². The molecule has 0 aromatic heterocycles. The van der Waals surface area contributed by atoms with E-state index in [1.54, 1.807) is 30.0 Å². The summed E-state index contributed by atoms with van der Waals surface area (Å²) in [7, 11) is 0. The quantitative estimate of drug-likeness (QED) is 0.663. The van der Waals surface area contributed by atoms with Gasteiger partial charge in [0, 0.05) is 4.90 Å². The molecule has 0 spiro atoms. The van der Waals surface area contributed by atoms with E-state index in [2.05, 4.69) is 0 Å². The van der Waals surface area contributed by atoms with Crippen LogP contribution in [0.3, 0.4) is 0 Å². The number of hydrogen-bond acceptors (Lipinski definition) is 4. The van der Waals surface area contributed by atoms with Gasteiger partial charge in [-0.3, -0.25) is 4.79 Å². The van der Waals surface area contributed by atoms with Crippen molar-refractivity contribution in [1.29, 1.82) is 0 Å². The summed E-state index contributed by atoms with van der Waals surface area (Å²) in [6.07, 6.45) is 1.96. The van der Waals surface area contributed by atoms with E-state index in [1.807, 2.05) is 30.5 Å². The average Bonchev–Trinajstić information content (AvgIpc) is 2.41. The van der Waals surface area contributed by atoms with Gasteiger partial charge >= 0.3 is 0 Å². The summed E-state index contributed by atoms with van der Waals surface area (Å²) in [6.45, 7) is 0. The van der Waals surface area contributed by atoms with E-state index in [1.165, 1.54) is 0 Å². The summed E-state index contributed by atoms with van der Waals surface area (Å²) in [6, 6.07) is 12.6. The molecule has 1 amide bonds. The average molecular weight is 274 g/mol. The van der Waals surface area contributed by atoms with Crippen molar-refractivity contribution in [2.45, 2.75) is 4.90 Å². The van der Waals surface area contributed by atoms with Crippen LogP contribution in [0.5, 0.6) is 11.5 Å². The third-order valence-corrected chi connectivity index (χ3v) is 3.40. The highest BCUT2D eigenvalue weighted by molar-refractivity contribution is 7.98. The monoisotopic (exact) mass is 274 g/mol. The zero-order chi connectivity index (χ0) is 13.8. The minimum absolute atomic E-state index is 0.255. The Morgan fingerprint density at radius 2 is 1.79 bits per heavy atom. The molecule has 19 heavy (non-hydrogen) atoms. The number of thioether (sulfide) groups is 1. The molecule has 0 unspecified atom stereocenters. The number of para-hydroxylation sites is 2. The highest BCUT2D eigenvalue weighted by atomic mass is 32.2. The van der Waals surface area contributed by atoms with E-state index < -0.39 is 5.91 Å². The van der Waals surface area contributed by atoms with Crippen LogP contribution in [0.4, 0.5) is 5.69 Å². The predicted octanol–water partition coefficient (Wildman–Crippen LogP) is 2.88. The molecule has 0 radical (unpaired) electrons. The van der Waals surface area contributed by atoms with Gasteiger partial charge in [-0.2, -0.15) is 0 Å². The molecule has 2 aromatic carbocycles. The number of hydrogen-bond donors (Lipinski definition) is 2. The maximum absolute atomic E-state index is 11.2. The van der Waals surface area contributed by atoms with Gasteiger partial charge < -0.3 is 16.2 Å². The molecule has 0 saturated carbocycles. The summed E-state index contributed by atoms with van der Waals surface area (Å²) in [5.74, 6) is 0.558. The minimum Gasteiger partial charge on any atom is -0.454 e. The van der Waals surface area contributed by atoms with Crippen molar-refractivity contribution in [3.05, 3.63) is 48.0 Å². The molecule has 0 aliphatic rings. The van der Waals surface area contributed by atoms with Gasteiger partial charge in [-0.15, -0.1) is 11.8 Å². The van der Waals surface area contributed by atoms with Gasteiger partial charge in [0.05, 0.1) is 11.3 Å². The first kappa shape index (κ1) is 13.3. The Morgan fingerprint density at radius 1 is 1.11 bits per heavy atom. The summed E-state index contributed by atoms with van der Waals surface area (Å²) in [5.41, 5.74) is 11.7. The number of anilines is 1. The Hall–Kier alpha value is -2.14. The molecule has 4 nitrogen and oxygen atoms in total. The van der Waals surface area contributed by atoms with E-state index >= 15 is 0 Å². The molecule has 4 N–H and O–H groups in total. The number of primary amides is 1. The Morgan fingerprint density at radius 3 is 2.47 bits per heavy atom. The topological polar surface area (TPSA) is 78.3 Å². The summed E-state index contributed by atoms with van der Waals surface area (Å²) < 4.78 is 5.77. The van der Waals surface area contributed by atoms with E-state index in [0.717, 1.165) is 4.90 Å². The molecule has 5 heteroatoms. The molecule has 2 rings (SSSR count). The second-order valence-electron chi connectivity index (χ2n) is 3.83. The molecule has 98 valence electrons. The van der Waals surface area contributed by atoms with Crippen LogP contribution in [0.15, 0.2) is 47.4 Å². The molecule has 0 fully saturated rings. The Bertz CT molecular complexity index is 614. The number of benzene rings is 2. The molecular weight excluding hydrogens is 260 g/mol. The third kappa shape index (κ3) is 2.82. The van der Waals surface area contributed by atoms with E-state index in [-0.39, 0.29) is 11.3 Å². The lowest BCUT2D eigenvalue weighted by Gasteiger charge is -2.12. The maximum atomic E-state index is 11.2. The van der Waals surface area contributed by atoms with Crippen molar-refractivity contribution in [3.8, 4) is 11.5 Å². The maximum Gasteiger partial charge on any atom is 0.250 e. The van der Waals surface area contributed by atoms with Crippen molar-refractivity contribution in [2.24, 2.45) is 5.73 Å². The molecule has 0 atom stereocenters. The number of amides is 1. The minimum atomic E-state index is -0.568. The van der Waals surface area contributed by atoms with Gasteiger partial charge in [0.25, 0.3) is 5.91 Å². The molecule has 0 heterocycles. The number of nitrogen functional groups attached to an aromatic ring is 1. The van der Waals surface area contributed by atoms with Crippen LogP contribution >= 0.6 is 11.8 Å². The van der Waals surface area contributed by atoms with Crippen LogP contribution in [0, 0.1) is 0 Å². The Balaban J connectivity index is 2.39. The van der Waals surface area contributed by atoms with E-state index in [4.69, 9.17) is 16.2 Å². The van der Waals surface area contributed by atoms with Gasteiger partial charge in [-0.25, -0.2) is 0 Å². The van der Waals surface area contributed by atoms with Gasteiger partial charge in [-0.05, 0) is 30.5 Å². The van der Waals surface area contributed by atoms with Crippen LogP contribution in [0.2, 0.25) is 0 Å². The van der Waals surface area contributed by atoms with Crippen LogP contribution in [0.1, 0.15) is 10.4 Å². The van der Waals surface area contributed by atoms with Crippen molar-refractivity contribution in [1.82, 2.24) is 0 Å². The predicted molar refractivity (Wildman–Crippen MR) is 77.7 cm³/mol. The van der Waals surface area contributed by atoms with Crippen LogP contribution in [0.25, 0.3) is 0 Å². The summed E-state index contributed by atoms with van der Waals surface area (Å²) in [5, 5.41) is 0. The fraction of sp³-hybridized carbons (Fsp3) is 0.0714. The summed E-state index contributed by atoms with van der Waals surface area (Å²) in [4.78, 5) is 12.2. The normalized spacial score (nSPS) is 10.2. The zero-order valence-electron chi connectivity index (χ0n) is 10.4. The van der Waals surface area contributed by atoms with Gasteiger partial charge in [0.1, 0.15) is 5.75 Å². The number of ether oxygens (including phenoxy) is 1. The highest BCUT2D eigenvalue weighted by Gasteiger charge is 2.12. The van der Waals surface area contributed by atoms with Crippen LogP contribution < -0.4 is 16.2 Å². The lowest BCUT2D eigenvalue weighted by Crippen LogP contribution is -2.13. The number of nitrogens with two attached hydrogens (primary N) is 2. The number of carbonyl (C=O) groups excluding carboxylic acids is 1. The van der Waals surface area contributed by atoms with Crippen LogP contribution in [-0.2, 0) is 0 Å². The molecule has 0 saturated heterocycles. The van der Waals surface area contributed by atoms with Crippen molar-refractivity contribution >= 4 is 23.4 Å². The molecule has 0 bridgehead atoms. The van der Waals surface area contributed by atoms with Crippen molar-refractivity contribution in [3.63, 3.8) is 0 Å². The summed E-state index contributed by atoms with van der Waals surface area (Å²) >= 11 is 1.57. The number of rotatable bonds is 4. The Kier molecular flexibility index (Phi) is 3.97. The SMILES string of the molecule is CSc1ccccc1Oc1cccc(C(N)=O)c1N. The number of carbonyl (C=O) groups is 1. The van der Waals surface area contributed by atoms with Gasteiger partial charge in [0.2, 0.25) is 0 Å². The Labute approximate surface area is 115 Å². The standard InChI is InChI=1S/C14H14N2O2S/c1-19-12-8-3-2-6-10(12)18-11-7-4-5-9(13(11)15)14(16)17/h2-8H,15H2,1H3,(H2,16,17). The second-order valence-corrected chi connectivity index (χ2v) is 4.68. The lowest BCUT2D eigenvalue weighted by molar-refractivity contribution is 0.100. The van der Waals surface area contributed by atoms with Gasteiger partial charge in [-0.1, -0.05) is 18.2 Å². The highest BCUT2D eigenvalue weighted by Crippen LogP contribution is 2.34. The van der Waals surface area contributed by atoms with Gasteiger partial charge in [0.15, 0.2) is 5.75 Å². The zero-order valence-corrected chi connectivity index (χ0v) is 11.2. The van der Waals surface area contributed by atoms with Crippen LogP contribution in [-0.4, -0.2) is 12.2 Å². The molecule has 0 aliphatic heterocycles. The second kappa shape index (κ2) is 5.67. The smallest absolute Gasteiger partial charge is 0.250 e. The molecular formula is C14H14N2O2S. The lowest BCUT2D eigenvalue weighted by atomic mass is 10.1.